The minimum Gasteiger partial charge on any atom is -0.484 e. The Morgan fingerprint density at radius 1 is 1.03 bits per heavy atom. The minimum atomic E-state index is -0.674. The van der Waals surface area contributed by atoms with Gasteiger partial charge in [0, 0.05) is 28.2 Å². The first-order chi connectivity index (χ1) is 15.2. The molecule has 2 aromatic carbocycles. The second-order valence-corrected chi connectivity index (χ2v) is 8.89. The Balaban J connectivity index is 2.30. The first-order valence-electron chi connectivity index (χ1n) is 10.9. The van der Waals surface area contributed by atoms with Crippen molar-refractivity contribution < 1.29 is 14.3 Å². The lowest BCUT2D eigenvalue weighted by molar-refractivity contribution is -0.143. The molecule has 0 heterocycles. The quantitative estimate of drug-likeness (QED) is 0.475. The first kappa shape index (κ1) is 26.0. The summed E-state index contributed by atoms with van der Waals surface area (Å²) in [6, 6.07) is 10.3. The Morgan fingerprint density at radius 3 is 2.16 bits per heavy atom. The lowest BCUT2D eigenvalue weighted by atomic mass is 10.1. The standard InChI is InChI=1S/C25H32Cl2N2O3/c1-6-18(5)28-25(31)23(7-2)29(14-20-21(26)9-8-10-22(20)27)24(30)15-32-19-12-16(3)11-17(4)13-19/h8-13,18,23H,6-7,14-15H2,1-5H3,(H,28,31)/t18-,23+/m1/s1. The van der Waals surface area contributed by atoms with Crippen LogP contribution < -0.4 is 10.1 Å². The molecule has 0 radical (unpaired) electrons. The zero-order valence-corrected chi connectivity index (χ0v) is 20.9. The minimum absolute atomic E-state index is 0.00363. The van der Waals surface area contributed by atoms with Gasteiger partial charge < -0.3 is 15.0 Å². The molecule has 32 heavy (non-hydrogen) atoms. The van der Waals surface area contributed by atoms with Gasteiger partial charge in [0.2, 0.25) is 5.91 Å². The largest absolute Gasteiger partial charge is 0.484 e. The molecule has 0 aliphatic heterocycles. The maximum Gasteiger partial charge on any atom is 0.261 e. The molecule has 0 spiro atoms. The van der Waals surface area contributed by atoms with Gasteiger partial charge in [0.05, 0.1) is 0 Å². The number of rotatable bonds is 10. The van der Waals surface area contributed by atoms with Crippen LogP contribution in [-0.4, -0.2) is 35.4 Å². The van der Waals surface area contributed by atoms with E-state index in [1.54, 1.807) is 18.2 Å². The zero-order valence-electron chi connectivity index (χ0n) is 19.4. The molecule has 2 amide bonds. The number of aryl methyl sites for hydroxylation is 2. The van der Waals surface area contributed by atoms with Gasteiger partial charge in [-0.05, 0) is 69.0 Å². The maximum absolute atomic E-state index is 13.3. The molecule has 0 aromatic heterocycles. The van der Waals surface area contributed by atoms with Crippen LogP contribution in [0.15, 0.2) is 36.4 Å². The smallest absolute Gasteiger partial charge is 0.261 e. The van der Waals surface area contributed by atoms with E-state index in [1.165, 1.54) is 4.90 Å². The zero-order chi connectivity index (χ0) is 23.8. The Labute approximate surface area is 201 Å². The molecule has 2 rings (SSSR count). The summed E-state index contributed by atoms with van der Waals surface area (Å²) in [6.45, 7) is 9.67. The van der Waals surface area contributed by atoms with E-state index >= 15 is 0 Å². The molecule has 0 bridgehead atoms. The van der Waals surface area contributed by atoms with Crippen LogP contribution in [0.25, 0.3) is 0 Å². The van der Waals surface area contributed by atoms with E-state index in [0.29, 0.717) is 27.8 Å². The molecule has 7 heteroatoms. The van der Waals surface area contributed by atoms with Crippen molar-refractivity contribution in [2.24, 2.45) is 0 Å². The molecule has 0 aliphatic rings. The van der Waals surface area contributed by atoms with Gasteiger partial charge in [0.15, 0.2) is 6.61 Å². The van der Waals surface area contributed by atoms with E-state index in [2.05, 4.69) is 5.32 Å². The van der Waals surface area contributed by atoms with Gasteiger partial charge in [0.25, 0.3) is 5.91 Å². The summed E-state index contributed by atoms with van der Waals surface area (Å²) >= 11 is 12.7. The van der Waals surface area contributed by atoms with Crippen LogP contribution >= 0.6 is 23.2 Å². The van der Waals surface area contributed by atoms with Gasteiger partial charge in [-0.25, -0.2) is 0 Å². The summed E-state index contributed by atoms with van der Waals surface area (Å²) in [7, 11) is 0. The molecule has 174 valence electrons. The number of nitrogens with zero attached hydrogens (tertiary/aromatic N) is 1. The van der Waals surface area contributed by atoms with Gasteiger partial charge in [-0.15, -0.1) is 0 Å². The van der Waals surface area contributed by atoms with E-state index < -0.39 is 6.04 Å². The van der Waals surface area contributed by atoms with Crippen LogP contribution in [0.4, 0.5) is 0 Å². The summed E-state index contributed by atoms with van der Waals surface area (Å²) in [5, 5.41) is 3.87. The van der Waals surface area contributed by atoms with Crippen LogP contribution in [0.1, 0.15) is 50.3 Å². The van der Waals surface area contributed by atoms with E-state index in [9.17, 15) is 9.59 Å². The van der Waals surface area contributed by atoms with Gasteiger partial charge in [0.1, 0.15) is 11.8 Å². The molecule has 2 aromatic rings. The Kier molecular flexibility index (Phi) is 9.85. The number of amides is 2. The number of hydrogen-bond acceptors (Lipinski definition) is 3. The van der Waals surface area contributed by atoms with Gasteiger partial charge in [-0.3, -0.25) is 9.59 Å². The van der Waals surface area contributed by atoms with Crippen LogP contribution in [0.3, 0.4) is 0 Å². The normalized spacial score (nSPS) is 12.7. The van der Waals surface area contributed by atoms with Gasteiger partial charge in [-0.1, -0.05) is 49.2 Å². The van der Waals surface area contributed by atoms with Crippen molar-refractivity contribution in [3.8, 4) is 5.75 Å². The Hall–Kier alpha value is -2.24. The fraction of sp³-hybridized carbons (Fsp3) is 0.440. The molecule has 0 saturated carbocycles. The Bertz CT molecular complexity index is 908. The highest BCUT2D eigenvalue weighted by atomic mass is 35.5. The summed E-state index contributed by atoms with van der Waals surface area (Å²) in [4.78, 5) is 27.8. The number of nitrogens with one attached hydrogen (secondary N) is 1. The number of ether oxygens (including phenoxy) is 1. The number of carbonyl (C=O) groups excluding carboxylic acids is 2. The summed E-state index contributed by atoms with van der Waals surface area (Å²) < 4.78 is 5.80. The molecule has 0 fully saturated rings. The molecular formula is C25H32Cl2N2O3. The van der Waals surface area contributed by atoms with E-state index in [1.807, 2.05) is 52.8 Å². The molecule has 0 saturated heterocycles. The van der Waals surface area contributed by atoms with Crippen LogP contribution in [-0.2, 0) is 16.1 Å². The number of carbonyl (C=O) groups is 2. The molecule has 2 atom stereocenters. The lowest BCUT2D eigenvalue weighted by Gasteiger charge is -2.32. The van der Waals surface area contributed by atoms with Crippen molar-refractivity contribution >= 4 is 35.0 Å². The second kappa shape index (κ2) is 12.1. The van der Waals surface area contributed by atoms with Gasteiger partial charge in [-0.2, -0.15) is 0 Å². The predicted molar refractivity (Wildman–Crippen MR) is 130 cm³/mol. The van der Waals surface area contributed by atoms with Crippen molar-refractivity contribution in [1.82, 2.24) is 10.2 Å². The summed E-state index contributed by atoms with van der Waals surface area (Å²) in [6.07, 6.45) is 1.24. The lowest BCUT2D eigenvalue weighted by Crippen LogP contribution is -2.51. The van der Waals surface area contributed by atoms with Crippen LogP contribution in [0.5, 0.6) is 5.75 Å². The molecule has 5 nitrogen and oxygen atoms in total. The van der Waals surface area contributed by atoms with Crippen molar-refractivity contribution in [3.05, 3.63) is 63.1 Å². The SMILES string of the molecule is CC[C@@H](C)NC(=O)[C@H](CC)N(Cc1c(Cl)cccc1Cl)C(=O)COc1cc(C)cc(C)c1. The monoisotopic (exact) mass is 478 g/mol. The fourth-order valence-corrected chi connectivity index (χ4v) is 3.98. The van der Waals surface area contributed by atoms with Crippen LogP contribution in [0, 0.1) is 13.8 Å². The maximum atomic E-state index is 13.3. The first-order valence-corrected chi connectivity index (χ1v) is 11.7. The molecule has 0 aliphatic carbocycles. The molecule has 0 unspecified atom stereocenters. The third-order valence-corrected chi connectivity index (χ3v) is 6.04. The topological polar surface area (TPSA) is 58.6 Å². The van der Waals surface area contributed by atoms with E-state index in [4.69, 9.17) is 27.9 Å². The van der Waals surface area contributed by atoms with Crippen molar-refractivity contribution in [1.29, 1.82) is 0 Å². The highest BCUT2D eigenvalue weighted by molar-refractivity contribution is 6.36. The summed E-state index contributed by atoms with van der Waals surface area (Å²) in [5.41, 5.74) is 2.70. The number of hydrogen-bond donors (Lipinski definition) is 1. The molecular weight excluding hydrogens is 447 g/mol. The van der Waals surface area contributed by atoms with Crippen molar-refractivity contribution in [2.75, 3.05) is 6.61 Å². The predicted octanol–water partition coefficient (Wildman–Crippen LogP) is 5.71. The highest BCUT2D eigenvalue weighted by Gasteiger charge is 2.30. The van der Waals surface area contributed by atoms with Crippen molar-refractivity contribution in [3.63, 3.8) is 0 Å². The third kappa shape index (κ3) is 7.14. The van der Waals surface area contributed by atoms with Crippen molar-refractivity contribution in [2.45, 2.75) is 66.1 Å². The van der Waals surface area contributed by atoms with Crippen LogP contribution in [0.2, 0.25) is 10.0 Å². The average molecular weight is 479 g/mol. The van der Waals surface area contributed by atoms with Gasteiger partial charge >= 0.3 is 0 Å². The second-order valence-electron chi connectivity index (χ2n) is 8.08. The van der Waals surface area contributed by atoms with E-state index in [-0.39, 0.29) is 31.0 Å². The highest BCUT2D eigenvalue weighted by Crippen LogP contribution is 2.27. The molecule has 1 N–H and O–H groups in total. The number of halogens is 2. The average Bonchev–Trinajstić information content (AvgIpc) is 2.73. The fourth-order valence-electron chi connectivity index (χ4n) is 3.46. The van der Waals surface area contributed by atoms with E-state index in [0.717, 1.165) is 17.5 Å². The number of benzene rings is 2. The summed E-state index contributed by atoms with van der Waals surface area (Å²) in [5.74, 6) is 0.0970. The third-order valence-electron chi connectivity index (χ3n) is 5.33. The Morgan fingerprint density at radius 2 is 1.62 bits per heavy atom.